The fourth-order valence-electron chi connectivity index (χ4n) is 3.17. The molecular formula is C17H22N2O2. The summed E-state index contributed by atoms with van der Waals surface area (Å²) in [5.41, 5.74) is 1.74. The van der Waals surface area contributed by atoms with Gasteiger partial charge in [0, 0.05) is 39.5 Å². The zero-order valence-electron chi connectivity index (χ0n) is 12.5. The second-order valence-electron chi connectivity index (χ2n) is 5.95. The van der Waals surface area contributed by atoms with Crippen molar-refractivity contribution in [2.45, 2.75) is 24.9 Å². The van der Waals surface area contributed by atoms with Gasteiger partial charge in [-0.15, -0.1) is 0 Å². The van der Waals surface area contributed by atoms with Crippen LogP contribution < -0.4 is 0 Å². The van der Waals surface area contributed by atoms with Crippen molar-refractivity contribution in [3.63, 3.8) is 0 Å². The minimum absolute atomic E-state index is 0.266. The smallest absolute Gasteiger partial charge is 0.414 e. The third-order valence-corrected chi connectivity index (χ3v) is 4.71. The highest BCUT2D eigenvalue weighted by Gasteiger charge is 2.48. The van der Waals surface area contributed by atoms with E-state index in [1.165, 1.54) is 5.56 Å². The standard InChI is InChI=1S/C17H22N2O2/c1-14-17(21-16(20)18(14)2)9-12-19(13-10-17)11-8-15-6-4-3-5-7-15/h3-7H,1,8-13H2,2H3. The summed E-state index contributed by atoms with van der Waals surface area (Å²) in [6, 6.07) is 10.5. The van der Waals surface area contributed by atoms with Crippen LogP contribution in [0.4, 0.5) is 4.79 Å². The number of carbonyl (C=O) groups excluding carboxylic acids is 1. The van der Waals surface area contributed by atoms with E-state index in [0.717, 1.165) is 44.6 Å². The molecule has 1 aromatic rings. The number of likely N-dealkylation sites (N-methyl/N-ethyl adjacent to an activating group) is 1. The van der Waals surface area contributed by atoms with Crippen molar-refractivity contribution in [1.82, 2.24) is 9.80 Å². The number of hydrogen-bond donors (Lipinski definition) is 0. The maximum atomic E-state index is 11.7. The SMILES string of the molecule is C=C1N(C)C(=O)OC12CCN(CCc1ccccc1)CC2. The number of amides is 1. The normalized spacial score (nSPS) is 21.9. The number of ether oxygens (including phenoxy) is 1. The van der Waals surface area contributed by atoms with Crippen LogP contribution in [0, 0.1) is 0 Å². The van der Waals surface area contributed by atoms with Crippen LogP contribution in [0.25, 0.3) is 0 Å². The summed E-state index contributed by atoms with van der Waals surface area (Å²) >= 11 is 0. The van der Waals surface area contributed by atoms with Crippen molar-refractivity contribution in [2.24, 2.45) is 0 Å². The number of hydrogen-bond acceptors (Lipinski definition) is 3. The zero-order chi connectivity index (χ0) is 14.9. The first-order valence-corrected chi connectivity index (χ1v) is 7.53. The van der Waals surface area contributed by atoms with Crippen LogP contribution in [-0.4, -0.2) is 48.2 Å². The fourth-order valence-corrected chi connectivity index (χ4v) is 3.17. The van der Waals surface area contributed by atoms with Crippen LogP contribution in [0.3, 0.4) is 0 Å². The van der Waals surface area contributed by atoms with E-state index in [9.17, 15) is 4.79 Å². The Balaban J connectivity index is 1.54. The summed E-state index contributed by atoms with van der Waals surface area (Å²) in [6.45, 7) is 7.00. The molecule has 1 amide bonds. The predicted octanol–water partition coefficient (Wildman–Crippen LogP) is 2.66. The molecule has 0 atom stereocenters. The quantitative estimate of drug-likeness (QED) is 0.856. The highest BCUT2D eigenvalue weighted by Crippen LogP contribution is 2.39. The molecule has 2 aliphatic heterocycles. The summed E-state index contributed by atoms with van der Waals surface area (Å²) in [6.07, 6.45) is 2.49. The van der Waals surface area contributed by atoms with E-state index in [2.05, 4.69) is 35.7 Å². The summed E-state index contributed by atoms with van der Waals surface area (Å²) in [4.78, 5) is 15.7. The Kier molecular flexibility index (Phi) is 3.72. The van der Waals surface area contributed by atoms with E-state index in [0.29, 0.717) is 0 Å². The number of likely N-dealkylation sites (tertiary alicyclic amines) is 1. The first-order chi connectivity index (χ1) is 10.1. The van der Waals surface area contributed by atoms with Gasteiger partial charge >= 0.3 is 6.09 Å². The Bertz CT molecular complexity index is 533. The third kappa shape index (κ3) is 2.68. The minimum atomic E-state index is -0.449. The van der Waals surface area contributed by atoms with E-state index in [1.807, 2.05) is 6.07 Å². The molecule has 3 rings (SSSR count). The lowest BCUT2D eigenvalue weighted by Crippen LogP contribution is -2.45. The Labute approximate surface area is 126 Å². The third-order valence-electron chi connectivity index (χ3n) is 4.71. The number of nitrogens with zero attached hydrogens (tertiary/aromatic N) is 2. The van der Waals surface area contributed by atoms with Gasteiger partial charge in [0.1, 0.15) is 0 Å². The van der Waals surface area contributed by atoms with Gasteiger partial charge < -0.3 is 9.64 Å². The average Bonchev–Trinajstić information content (AvgIpc) is 2.72. The summed E-state index contributed by atoms with van der Waals surface area (Å²) < 4.78 is 5.59. The van der Waals surface area contributed by atoms with Crippen LogP contribution in [-0.2, 0) is 11.2 Å². The van der Waals surface area contributed by atoms with E-state index in [-0.39, 0.29) is 6.09 Å². The number of benzene rings is 1. The number of piperidine rings is 1. The second-order valence-corrected chi connectivity index (χ2v) is 5.95. The summed E-state index contributed by atoms with van der Waals surface area (Å²) in [5.74, 6) is 0. The topological polar surface area (TPSA) is 32.8 Å². The molecule has 4 nitrogen and oxygen atoms in total. The molecule has 0 N–H and O–H groups in total. The van der Waals surface area contributed by atoms with Gasteiger partial charge in [-0.05, 0) is 12.0 Å². The molecular weight excluding hydrogens is 264 g/mol. The van der Waals surface area contributed by atoms with Crippen LogP contribution in [0.2, 0.25) is 0 Å². The van der Waals surface area contributed by atoms with E-state index in [4.69, 9.17) is 4.74 Å². The van der Waals surface area contributed by atoms with E-state index >= 15 is 0 Å². The van der Waals surface area contributed by atoms with Gasteiger partial charge in [-0.2, -0.15) is 0 Å². The van der Waals surface area contributed by atoms with Crippen LogP contribution in [0.1, 0.15) is 18.4 Å². The highest BCUT2D eigenvalue weighted by atomic mass is 16.6. The van der Waals surface area contributed by atoms with Gasteiger partial charge in [-0.25, -0.2) is 4.79 Å². The van der Waals surface area contributed by atoms with Gasteiger partial charge in [0.15, 0.2) is 5.60 Å². The molecule has 2 aliphatic rings. The maximum Gasteiger partial charge on any atom is 0.414 e. The lowest BCUT2D eigenvalue weighted by atomic mass is 9.88. The molecule has 1 aromatic carbocycles. The molecule has 2 fully saturated rings. The molecule has 0 unspecified atom stereocenters. The van der Waals surface area contributed by atoms with Crippen molar-refractivity contribution in [3.8, 4) is 0 Å². The number of carbonyl (C=O) groups is 1. The molecule has 0 aromatic heterocycles. The molecule has 21 heavy (non-hydrogen) atoms. The van der Waals surface area contributed by atoms with Gasteiger partial charge in [0.2, 0.25) is 0 Å². The van der Waals surface area contributed by atoms with Crippen LogP contribution in [0.5, 0.6) is 0 Å². The van der Waals surface area contributed by atoms with Crippen molar-refractivity contribution in [3.05, 3.63) is 48.2 Å². The average molecular weight is 286 g/mol. The molecule has 112 valence electrons. The molecule has 1 spiro atoms. The van der Waals surface area contributed by atoms with Gasteiger partial charge in [0.05, 0.1) is 5.70 Å². The number of rotatable bonds is 3. The van der Waals surface area contributed by atoms with Gasteiger partial charge in [-0.3, -0.25) is 4.90 Å². The first kappa shape index (κ1) is 14.1. The lowest BCUT2D eigenvalue weighted by molar-refractivity contribution is 0.0151. The van der Waals surface area contributed by atoms with Crippen molar-refractivity contribution >= 4 is 6.09 Å². The Hall–Kier alpha value is -1.81. The zero-order valence-corrected chi connectivity index (χ0v) is 12.5. The molecule has 2 heterocycles. The Morgan fingerprint density at radius 1 is 1.24 bits per heavy atom. The molecule has 0 saturated carbocycles. The van der Waals surface area contributed by atoms with E-state index < -0.39 is 5.60 Å². The minimum Gasteiger partial charge on any atom is -0.436 e. The molecule has 0 radical (unpaired) electrons. The Morgan fingerprint density at radius 3 is 2.48 bits per heavy atom. The first-order valence-electron chi connectivity index (χ1n) is 7.53. The van der Waals surface area contributed by atoms with Gasteiger partial charge in [0.25, 0.3) is 0 Å². The van der Waals surface area contributed by atoms with E-state index in [1.54, 1.807) is 11.9 Å². The van der Waals surface area contributed by atoms with Crippen molar-refractivity contribution < 1.29 is 9.53 Å². The van der Waals surface area contributed by atoms with Gasteiger partial charge in [-0.1, -0.05) is 36.9 Å². The molecule has 0 bridgehead atoms. The highest BCUT2D eigenvalue weighted by molar-refractivity contribution is 5.74. The molecule has 4 heteroatoms. The summed E-state index contributed by atoms with van der Waals surface area (Å²) in [7, 11) is 1.74. The second kappa shape index (κ2) is 5.53. The van der Waals surface area contributed by atoms with Crippen LogP contribution in [0.15, 0.2) is 42.6 Å². The Morgan fingerprint density at radius 2 is 1.90 bits per heavy atom. The monoisotopic (exact) mass is 286 g/mol. The largest absolute Gasteiger partial charge is 0.436 e. The van der Waals surface area contributed by atoms with Crippen molar-refractivity contribution in [2.75, 3.05) is 26.7 Å². The predicted molar refractivity (Wildman–Crippen MR) is 81.9 cm³/mol. The van der Waals surface area contributed by atoms with Crippen molar-refractivity contribution in [1.29, 1.82) is 0 Å². The molecule has 0 aliphatic carbocycles. The lowest BCUT2D eigenvalue weighted by Gasteiger charge is -2.38. The summed E-state index contributed by atoms with van der Waals surface area (Å²) in [5, 5.41) is 0. The van der Waals surface area contributed by atoms with Crippen LogP contribution >= 0.6 is 0 Å². The fraction of sp³-hybridized carbons (Fsp3) is 0.471. The molecule has 2 saturated heterocycles. The maximum absolute atomic E-state index is 11.7.